The van der Waals surface area contributed by atoms with Crippen molar-refractivity contribution in [2.24, 2.45) is 23.7 Å². The number of rotatable bonds is 15. The number of pyridine rings is 2. The second kappa shape index (κ2) is 27.8. The van der Waals surface area contributed by atoms with E-state index in [2.05, 4.69) is 87.6 Å². The molecule has 0 bridgehead atoms. The number of amides is 4. The van der Waals surface area contributed by atoms with Crippen molar-refractivity contribution in [2.45, 2.75) is 134 Å². The van der Waals surface area contributed by atoms with E-state index in [0.717, 1.165) is 151 Å². The number of ether oxygens (including phenoxy) is 2. The van der Waals surface area contributed by atoms with Gasteiger partial charge in [-0.1, -0.05) is 82.8 Å². The number of benzene rings is 2. The second-order valence-electron chi connectivity index (χ2n) is 22.0. The third kappa shape index (κ3) is 15.5. The van der Waals surface area contributed by atoms with Crippen LogP contribution < -0.4 is 10.6 Å². The number of aryl methyl sites for hydroxylation is 4. The fourth-order valence-corrected chi connectivity index (χ4v) is 15.2. The monoisotopic (exact) mass is 1300 g/mol. The lowest BCUT2D eigenvalue weighted by Crippen LogP contribution is -2.41. The molecule has 0 radical (unpaired) electrons. The van der Waals surface area contributed by atoms with Gasteiger partial charge in [-0.2, -0.15) is 0 Å². The summed E-state index contributed by atoms with van der Waals surface area (Å²) in [5.74, 6) is 2.52. The molecular weight excluding hydrogens is 1230 g/mol. The van der Waals surface area contributed by atoms with Crippen LogP contribution in [0.15, 0.2) is 62.2 Å². The van der Waals surface area contributed by atoms with Gasteiger partial charge in [-0.15, -0.1) is 0 Å². The van der Waals surface area contributed by atoms with Gasteiger partial charge in [-0.05, 0) is 191 Å². The van der Waals surface area contributed by atoms with Crippen LogP contribution in [0.4, 0.5) is 9.59 Å². The van der Waals surface area contributed by atoms with Crippen LogP contribution in [0.3, 0.4) is 0 Å². The van der Waals surface area contributed by atoms with Crippen LogP contribution in [-0.2, 0) is 44.7 Å². The summed E-state index contributed by atoms with van der Waals surface area (Å²) >= 11 is 30.6. The Morgan fingerprint density at radius 1 is 0.571 bits per heavy atom. The van der Waals surface area contributed by atoms with E-state index in [1.807, 2.05) is 29.4 Å². The third-order valence-corrected chi connectivity index (χ3v) is 19.1. The molecular formula is C59H70Br3Cl3N6O6. The molecule has 12 nitrogen and oxygen atoms in total. The molecule has 4 atom stereocenters. The molecule has 18 heteroatoms. The largest absolute Gasteiger partial charge is 0.449 e. The SMILES string of the molecule is O=C1NCC(CCC(=O)N2CCC(C3c4ncc(Br)cc4CCc4cc(Cl)cc(Br)c43)CC2)CO1.O=C1NCC(CCCCC(=O)N2CCC(CCCCCC3c4ncc(Br)cc4CCc4cc(Cl)cc(Cl)c43)CC2)CO1. The van der Waals surface area contributed by atoms with Crippen LogP contribution in [0.2, 0.25) is 15.1 Å². The van der Waals surface area contributed by atoms with Gasteiger partial charge >= 0.3 is 12.2 Å². The summed E-state index contributed by atoms with van der Waals surface area (Å²) in [6.45, 7) is 5.44. The molecule has 414 valence electrons. The van der Waals surface area contributed by atoms with E-state index in [9.17, 15) is 19.2 Å². The predicted octanol–water partition coefficient (Wildman–Crippen LogP) is 14.4. The van der Waals surface area contributed by atoms with Crippen molar-refractivity contribution in [1.82, 2.24) is 30.4 Å². The van der Waals surface area contributed by atoms with Crippen molar-refractivity contribution in [2.75, 3.05) is 52.5 Å². The fraction of sp³-hybridized carbons (Fsp3) is 0.559. The quantitative estimate of drug-likeness (QED) is 0.112. The predicted molar refractivity (Wildman–Crippen MR) is 313 cm³/mol. The maximum Gasteiger partial charge on any atom is 0.407 e. The number of carbonyl (C=O) groups is 4. The van der Waals surface area contributed by atoms with Crippen molar-refractivity contribution >= 4 is 107 Å². The van der Waals surface area contributed by atoms with E-state index in [-0.39, 0.29) is 35.8 Å². The molecule has 2 aliphatic carbocycles. The van der Waals surface area contributed by atoms with Crippen molar-refractivity contribution in [3.63, 3.8) is 0 Å². The molecule has 2 N–H and O–H groups in total. The molecule has 77 heavy (non-hydrogen) atoms. The first-order valence-electron chi connectivity index (χ1n) is 27.9. The van der Waals surface area contributed by atoms with Gasteiger partial charge in [0, 0.05) is 117 Å². The highest BCUT2D eigenvalue weighted by Gasteiger charge is 2.37. The molecule has 4 aliphatic heterocycles. The van der Waals surface area contributed by atoms with Crippen LogP contribution in [0.5, 0.6) is 0 Å². The average Bonchev–Trinajstić information content (AvgIpc) is 3.71. The average molecular weight is 1310 g/mol. The number of hydrogen-bond acceptors (Lipinski definition) is 8. The van der Waals surface area contributed by atoms with Crippen molar-refractivity contribution in [1.29, 1.82) is 0 Å². The normalized spacial score (nSPS) is 21.5. The van der Waals surface area contributed by atoms with Gasteiger partial charge < -0.3 is 29.9 Å². The summed E-state index contributed by atoms with van der Waals surface area (Å²) in [4.78, 5) is 61.8. The second-order valence-corrected chi connectivity index (χ2v) is 26.0. The summed E-state index contributed by atoms with van der Waals surface area (Å²) in [7, 11) is 0. The fourth-order valence-electron chi connectivity index (χ4n) is 12.7. The maximum atomic E-state index is 12.9. The van der Waals surface area contributed by atoms with Crippen LogP contribution >= 0.6 is 82.6 Å². The standard InChI is InChI=1S/C33H42BrCl2N3O3.C26H28Br2ClN3O3/c34-26-16-25-11-10-24-17-27(35)18-29(36)31(24)28(32(25)37-20-26)8-3-1-2-6-22-12-14-39(15-13-22)30(40)9-5-4-7-23-19-38-33(41)42-21-23;27-19-9-18-3-2-17-10-20(29)11-21(28)23(17)24(25(18)30-13-19)16-5-7-32(8-6-16)22(33)4-1-15-12-31-26(34)35-14-15/h16-18,20,22-23,28H,1-15,19,21H2,(H,38,41);9-11,13,15-16,24H,1-8,12,14H2,(H,31,34). The van der Waals surface area contributed by atoms with Crippen molar-refractivity contribution < 1.29 is 28.7 Å². The molecule has 4 aromatic rings. The molecule has 4 unspecified atom stereocenters. The Morgan fingerprint density at radius 3 is 1.73 bits per heavy atom. The third-order valence-electron chi connectivity index (χ3n) is 16.8. The van der Waals surface area contributed by atoms with E-state index < -0.39 is 0 Å². The Bertz CT molecular complexity index is 2740. The number of cyclic esters (lactones) is 2. The number of nitrogens with zero attached hydrogens (tertiary/aromatic N) is 4. The minimum absolute atomic E-state index is 0.169. The van der Waals surface area contributed by atoms with Gasteiger partial charge in [-0.25, -0.2) is 9.59 Å². The minimum Gasteiger partial charge on any atom is -0.449 e. The minimum atomic E-state index is -0.368. The zero-order valence-corrected chi connectivity index (χ0v) is 50.7. The van der Waals surface area contributed by atoms with Gasteiger partial charge in [0.2, 0.25) is 11.8 Å². The van der Waals surface area contributed by atoms with Crippen LogP contribution in [-0.4, -0.2) is 96.3 Å². The Labute approximate surface area is 494 Å². The van der Waals surface area contributed by atoms with E-state index in [0.29, 0.717) is 67.8 Å². The molecule has 6 heterocycles. The molecule has 4 fully saturated rings. The van der Waals surface area contributed by atoms with Gasteiger partial charge in [0.05, 0.1) is 24.6 Å². The highest BCUT2D eigenvalue weighted by molar-refractivity contribution is 9.11. The highest BCUT2D eigenvalue weighted by Crippen LogP contribution is 2.47. The lowest BCUT2D eigenvalue weighted by atomic mass is 9.76. The lowest BCUT2D eigenvalue weighted by molar-refractivity contribution is -0.133. The number of aromatic nitrogens is 2. The summed E-state index contributed by atoms with van der Waals surface area (Å²) in [6.07, 6.45) is 21.5. The summed E-state index contributed by atoms with van der Waals surface area (Å²) in [6, 6.07) is 12.5. The molecule has 0 spiro atoms. The number of alkyl carbamates (subject to hydrolysis) is 2. The molecule has 6 aliphatic rings. The summed E-state index contributed by atoms with van der Waals surface area (Å²) in [5, 5.41) is 7.65. The summed E-state index contributed by atoms with van der Waals surface area (Å²) < 4.78 is 13.2. The number of halogens is 6. The number of nitrogens with one attached hydrogen (secondary N) is 2. The van der Waals surface area contributed by atoms with Gasteiger partial charge in [0.1, 0.15) is 0 Å². The smallest absolute Gasteiger partial charge is 0.407 e. The zero-order chi connectivity index (χ0) is 54.0. The number of piperidine rings is 2. The molecule has 2 aromatic carbocycles. The first-order valence-corrected chi connectivity index (χ1v) is 31.4. The first-order chi connectivity index (χ1) is 37.3. The summed E-state index contributed by atoms with van der Waals surface area (Å²) in [5.41, 5.74) is 9.94. The van der Waals surface area contributed by atoms with E-state index >= 15 is 0 Å². The van der Waals surface area contributed by atoms with Gasteiger partial charge in [0.15, 0.2) is 0 Å². The van der Waals surface area contributed by atoms with E-state index in [1.54, 1.807) is 0 Å². The molecule has 2 aromatic heterocycles. The molecule has 0 saturated carbocycles. The number of hydrogen-bond donors (Lipinski definition) is 2. The van der Waals surface area contributed by atoms with E-state index in [4.69, 9.17) is 54.2 Å². The molecule has 4 saturated heterocycles. The van der Waals surface area contributed by atoms with Crippen LogP contribution in [0.25, 0.3) is 0 Å². The Hall–Kier alpha value is -3.47. The topological polar surface area (TPSA) is 143 Å². The zero-order valence-electron chi connectivity index (χ0n) is 43.7. The highest BCUT2D eigenvalue weighted by atomic mass is 79.9. The first kappa shape index (κ1) is 58.2. The van der Waals surface area contributed by atoms with Crippen molar-refractivity contribution in [3.05, 3.63) is 122 Å². The number of likely N-dealkylation sites (tertiary alicyclic amines) is 2. The van der Waals surface area contributed by atoms with Crippen LogP contribution in [0.1, 0.15) is 153 Å². The molecule has 10 rings (SSSR count). The maximum absolute atomic E-state index is 12.9. The molecule has 4 amide bonds. The number of unbranched alkanes of at least 4 members (excludes halogenated alkanes) is 3. The Balaban J connectivity index is 0.000000191. The van der Waals surface area contributed by atoms with E-state index in [1.165, 1.54) is 52.6 Å². The Kier molecular flexibility index (Phi) is 21.0. The lowest BCUT2D eigenvalue weighted by Gasteiger charge is -2.37. The van der Waals surface area contributed by atoms with Gasteiger partial charge in [-0.3, -0.25) is 19.6 Å². The Morgan fingerprint density at radius 2 is 1.09 bits per heavy atom. The number of carbonyl (C=O) groups excluding carboxylic acids is 4. The van der Waals surface area contributed by atoms with Crippen molar-refractivity contribution in [3.8, 4) is 0 Å². The van der Waals surface area contributed by atoms with Gasteiger partial charge in [0.25, 0.3) is 0 Å². The number of fused-ring (bicyclic) bond motifs is 4. The van der Waals surface area contributed by atoms with Crippen LogP contribution in [0, 0.1) is 23.7 Å².